The molecule has 0 unspecified atom stereocenters. The minimum absolute atomic E-state index is 0.205. The van der Waals surface area contributed by atoms with E-state index in [4.69, 9.17) is 0 Å². The summed E-state index contributed by atoms with van der Waals surface area (Å²) in [5.74, 6) is -0.0207. The van der Waals surface area contributed by atoms with Gasteiger partial charge in [0, 0.05) is 18.0 Å². The van der Waals surface area contributed by atoms with Crippen molar-refractivity contribution in [2.75, 3.05) is 6.26 Å². The van der Waals surface area contributed by atoms with Gasteiger partial charge in [0.1, 0.15) is 11.6 Å². The largest absolute Gasteiger partial charge is 0.310 e. The Balaban J connectivity index is 3.10. The predicted molar refractivity (Wildman–Crippen MR) is 52.8 cm³/mol. The quantitative estimate of drug-likeness (QED) is 0.763. The van der Waals surface area contributed by atoms with Crippen molar-refractivity contribution < 1.29 is 8.42 Å². The summed E-state index contributed by atoms with van der Waals surface area (Å²) in [6.07, 6.45) is 1.71. The number of aryl methyl sites for hydroxylation is 1. The maximum Gasteiger partial charge on any atom is 0.251 e. The van der Waals surface area contributed by atoms with E-state index in [-0.39, 0.29) is 17.1 Å². The van der Waals surface area contributed by atoms with Crippen molar-refractivity contribution in [1.82, 2.24) is 9.97 Å². The van der Waals surface area contributed by atoms with Gasteiger partial charge < -0.3 is 4.98 Å². The molecule has 0 fully saturated rings. The molecule has 0 bridgehead atoms. The molecule has 0 spiro atoms. The van der Waals surface area contributed by atoms with Crippen molar-refractivity contribution >= 4 is 9.84 Å². The van der Waals surface area contributed by atoms with Crippen LogP contribution in [0.4, 0.5) is 0 Å². The van der Waals surface area contributed by atoms with Crippen molar-refractivity contribution in [3.63, 3.8) is 0 Å². The van der Waals surface area contributed by atoms with E-state index in [1.165, 1.54) is 6.07 Å². The van der Waals surface area contributed by atoms with Gasteiger partial charge in [-0.2, -0.15) is 0 Å². The third-order valence-electron chi connectivity index (χ3n) is 1.60. The van der Waals surface area contributed by atoms with Crippen molar-refractivity contribution in [1.29, 1.82) is 0 Å². The van der Waals surface area contributed by atoms with Gasteiger partial charge in [-0.25, -0.2) is 13.4 Å². The topological polar surface area (TPSA) is 79.9 Å². The molecule has 0 amide bonds. The van der Waals surface area contributed by atoms with Crippen LogP contribution in [-0.2, 0) is 22.0 Å². The maximum absolute atomic E-state index is 11.1. The normalized spacial score (nSPS) is 11.6. The maximum atomic E-state index is 11.1. The highest BCUT2D eigenvalue weighted by Crippen LogP contribution is 1.98. The zero-order valence-electron chi connectivity index (χ0n) is 8.07. The average Bonchev–Trinajstić information content (AvgIpc) is 1.99. The zero-order valence-corrected chi connectivity index (χ0v) is 8.89. The van der Waals surface area contributed by atoms with Gasteiger partial charge in [-0.15, -0.1) is 0 Å². The summed E-state index contributed by atoms with van der Waals surface area (Å²) in [4.78, 5) is 17.5. The molecule has 0 atom stereocenters. The van der Waals surface area contributed by atoms with Crippen molar-refractivity contribution in [3.8, 4) is 0 Å². The molecule has 0 aromatic carbocycles. The first-order chi connectivity index (χ1) is 6.40. The summed E-state index contributed by atoms with van der Waals surface area (Å²) < 4.78 is 21.9. The number of aromatic nitrogens is 2. The third-order valence-corrected chi connectivity index (χ3v) is 2.40. The van der Waals surface area contributed by atoms with Crippen LogP contribution in [0.25, 0.3) is 0 Å². The van der Waals surface area contributed by atoms with Crippen LogP contribution in [0.1, 0.15) is 18.4 Å². The molecule has 6 heteroatoms. The van der Waals surface area contributed by atoms with Crippen molar-refractivity contribution in [2.24, 2.45) is 0 Å². The van der Waals surface area contributed by atoms with Gasteiger partial charge in [-0.3, -0.25) is 4.79 Å². The van der Waals surface area contributed by atoms with E-state index in [1.54, 1.807) is 0 Å². The number of H-pyrrole nitrogens is 1. The van der Waals surface area contributed by atoms with Crippen LogP contribution in [0.3, 0.4) is 0 Å². The fraction of sp³-hybridized carbons (Fsp3) is 0.500. The minimum atomic E-state index is -3.15. The molecule has 1 aromatic rings. The van der Waals surface area contributed by atoms with Gasteiger partial charge in [0.15, 0.2) is 9.84 Å². The second kappa shape index (κ2) is 3.91. The smallest absolute Gasteiger partial charge is 0.251 e. The number of sulfone groups is 1. The highest BCUT2D eigenvalue weighted by atomic mass is 32.2. The van der Waals surface area contributed by atoms with Crippen LogP contribution < -0.4 is 5.56 Å². The molecule has 1 rings (SSSR count). The van der Waals surface area contributed by atoms with Crippen LogP contribution >= 0.6 is 0 Å². The van der Waals surface area contributed by atoms with Gasteiger partial charge >= 0.3 is 0 Å². The Morgan fingerprint density at radius 3 is 2.64 bits per heavy atom. The van der Waals surface area contributed by atoms with Gasteiger partial charge in [0.05, 0.1) is 0 Å². The number of nitrogens with zero attached hydrogens (tertiary/aromatic N) is 1. The van der Waals surface area contributed by atoms with Gasteiger partial charge in [0.2, 0.25) is 0 Å². The molecule has 0 radical (unpaired) electrons. The molecule has 14 heavy (non-hydrogen) atoms. The molecule has 78 valence electrons. The van der Waals surface area contributed by atoms with E-state index in [1.807, 2.05) is 6.92 Å². The summed E-state index contributed by atoms with van der Waals surface area (Å²) in [5, 5.41) is 0. The van der Waals surface area contributed by atoms with Crippen molar-refractivity contribution in [2.45, 2.75) is 19.1 Å². The molecule has 5 nitrogen and oxygen atoms in total. The van der Waals surface area contributed by atoms with Crippen molar-refractivity contribution in [3.05, 3.63) is 27.9 Å². The second-order valence-corrected chi connectivity index (χ2v) is 5.25. The first kappa shape index (κ1) is 10.9. The van der Waals surface area contributed by atoms with E-state index < -0.39 is 9.84 Å². The van der Waals surface area contributed by atoms with E-state index in [2.05, 4.69) is 9.97 Å². The Morgan fingerprint density at radius 2 is 2.14 bits per heavy atom. The number of hydrogen-bond donors (Lipinski definition) is 1. The average molecular weight is 216 g/mol. The Labute approximate surface area is 82.1 Å². The lowest BCUT2D eigenvalue weighted by atomic mass is 10.3. The lowest BCUT2D eigenvalue weighted by Crippen LogP contribution is -2.15. The molecule has 0 aliphatic rings. The Hall–Kier alpha value is -1.17. The molecular weight excluding hydrogens is 204 g/mol. The first-order valence-electron chi connectivity index (χ1n) is 4.17. The molecule has 1 aromatic heterocycles. The summed E-state index contributed by atoms with van der Waals surface area (Å²) >= 11 is 0. The summed E-state index contributed by atoms with van der Waals surface area (Å²) in [6.45, 7) is 1.85. The fourth-order valence-electron chi connectivity index (χ4n) is 1.06. The molecule has 0 saturated heterocycles. The van der Waals surface area contributed by atoms with Crippen LogP contribution in [-0.4, -0.2) is 24.6 Å². The number of nitrogens with one attached hydrogen (secondary N) is 1. The highest BCUT2D eigenvalue weighted by molar-refractivity contribution is 7.89. The number of hydrogen-bond acceptors (Lipinski definition) is 4. The minimum Gasteiger partial charge on any atom is -0.310 e. The molecule has 0 aliphatic heterocycles. The van der Waals surface area contributed by atoms with Gasteiger partial charge in [0.25, 0.3) is 5.56 Å². The van der Waals surface area contributed by atoms with E-state index in [0.29, 0.717) is 12.1 Å². The summed E-state index contributed by atoms with van der Waals surface area (Å²) in [5.41, 5.74) is 0.294. The summed E-state index contributed by atoms with van der Waals surface area (Å²) in [7, 11) is -3.15. The second-order valence-electron chi connectivity index (χ2n) is 3.11. The zero-order chi connectivity index (χ0) is 10.8. The van der Waals surface area contributed by atoms with Crippen LogP contribution in [0.2, 0.25) is 0 Å². The first-order valence-corrected chi connectivity index (χ1v) is 6.23. The van der Waals surface area contributed by atoms with Gasteiger partial charge in [-0.1, -0.05) is 6.92 Å². The van der Waals surface area contributed by atoms with E-state index in [9.17, 15) is 13.2 Å². The Kier molecular flexibility index (Phi) is 3.05. The van der Waals surface area contributed by atoms with E-state index in [0.717, 1.165) is 6.26 Å². The molecule has 1 N–H and O–H groups in total. The highest BCUT2D eigenvalue weighted by Gasteiger charge is 2.07. The Morgan fingerprint density at radius 1 is 1.50 bits per heavy atom. The summed E-state index contributed by atoms with van der Waals surface area (Å²) in [6, 6.07) is 1.37. The Bertz CT molecular complexity index is 476. The predicted octanol–water partition coefficient (Wildman–Crippen LogP) is -0.123. The number of rotatable bonds is 3. The SMILES string of the molecule is CCc1cc(=O)[nH]c(CS(C)(=O)=O)n1. The molecular formula is C8H12N2O3S. The molecule has 0 saturated carbocycles. The molecule has 0 aliphatic carbocycles. The standard InChI is InChI=1S/C8H12N2O3S/c1-3-6-4-8(11)10-7(9-6)5-14(2,12)13/h4H,3,5H2,1-2H3,(H,9,10,11). The molecule has 1 heterocycles. The third kappa shape index (κ3) is 3.29. The van der Waals surface area contributed by atoms with Crippen LogP contribution in [0.15, 0.2) is 10.9 Å². The van der Waals surface area contributed by atoms with Gasteiger partial charge in [-0.05, 0) is 6.42 Å². The lowest BCUT2D eigenvalue weighted by Gasteiger charge is -2.00. The van der Waals surface area contributed by atoms with Crippen LogP contribution in [0, 0.1) is 0 Å². The van der Waals surface area contributed by atoms with E-state index >= 15 is 0 Å². The number of aromatic amines is 1. The monoisotopic (exact) mass is 216 g/mol. The van der Waals surface area contributed by atoms with Crippen LogP contribution in [0.5, 0.6) is 0 Å². The lowest BCUT2D eigenvalue weighted by molar-refractivity contribution is 0.599. The fourth-order valence-corrected chi connectivity index (χ4v) is 1.69.